The quantitative estimate of drug-likeness (QED) is 0.708. The van der Waals surface area contributed by atoms with Crippen molar-refractivity contribution in [3.63, 3.8) is 0 Å². The highest BCUT2D eigenvalue weighted by molar-refractivity contribution is 6.45. The molecule has 2 rings (SSSR count). The van der Waals surface area contributed by atoms with Crippen LogP contribution in [0.15, 0.2) is 12.3 Å². The van der Waals surface area contributed by atoms with Crippen molar-refractivity contribution in [3.8, 4) is 0 Å². The van der Waals surface area contributed by atoms with E-state index >= 15 is 0 Å². The first-order valence-corrected chi connectivity index (χ1v) is 6.14. The van der Waals surface area contributed by atoms with Gasteiger partial charge in [0.05, 0.1) is 13.2 Å². The molecule has 0 saturated carbocycles. The molecule has 18 heavy (non-hydrogen) atoms. The summed E-state index contributed by atoms with van der Waals surface area (Å²) in [7, 11) is 5.14. The maximum Gasteiger partial charge on any atom is 0.328 e. The van der Waals surface area contributed by atoms with Crippen molar-refractivity contribution >= 4 is 18.8 Å². The van der Waals surface area contributed by atoms with Crippen LogP contribution in [0.1, 0.15) is 5.56 Å². The minimum atomic E-state index is 0.740. The van der Waals surface area contributed by atoms with E-state index in [9.17, 15) is 0 Å². The van der Waals surface area contributed by atoms with Gasteiger partial charge < -0.3 is 19.6 Å². The molecule has 1 radical (unpaired) electrons. The first-order chi connectivity index (χ1) is 8.70. The molecule has 6 heteroatoms. The molecule has 0 aromatic carbocycles. The number of anilines is 1. The molecule has 0 bridgehead atoms. The van der Waals surface area contributed by atoms with E-state index in [1.54, 1.807) is 6.20 Å². The molecule has 0 atom stereocenters. The lowest BCUT2D eigenvalue weighted by molar-refractivity contribution is 0.122. The van der Waals surface area contributed by atoms with Crippen LogP contribution < -0.4 is 10.4 Å². The first-order valence-electron chi connectivity index (χ1n) is 6.14. The Morgan fingerprint density at radius 1 is 1.44 bits per heavy atom. The summed E-state index contributed by atoms with van der Waals surface area (Å²) in [4.78, 5) is 8.82. The maximum atomic E-state index is 9.09. The Morgan fingerprint density at radius 3 is 2.78 bits per heavy atom. The third-order valence-electron chi connectivity index (χ3n) is 2.91. The summed E-state index contributed by atoms with van der Waals surface area (Å²) >= 11 is 0. The van der Waals surface area contributed by atoms with Crippen LogP contribution in [-0.4, -0.2) is 62.8 Å². The van der Waals surface area contributed by atoms with E-state index in [1.807, 2.05) is 20.2 Å². The fourth-order valence-corrected chi connectivity index (χ4v) is 2.11. The van der Waals surface area contributed by atoms with E-state index in [-0.39, 0.29) is 0 Å². The van der Waals surface area contributed by atoms with Gasteiger partial charge in [-0.15, -0.1) is 0 Å². The number of rotatable bonds is 4. The molecule has 5 nitrogen and oxygen atoms in total. The molecule has 1 aromatic rings. The minimum Gasteiger partial charge on any atom is -0.450 e. The zero-order valence-corrected chi connectivity index (χ0v) is 11.0. The summed E-state index contributed by atoms with van der Waals surface area (Å²) in [6.07, 6.45) is 1.70. The number of morpholine rings is 1. The van der Waals surface area contributed by atoms with Gasteiger partial charge in [-0.3, -0.25) is 0 Å². The van der Waals surface area contributed by atoms with Crippen LogP contribution in [0.25, 0.3) is 0 Å². The maximum absolute atomic E-state index is 9.09. The standard InChI is InChI=1S/C12H19BN3O2/c1-15(2)9-10-7-11(13-17)8-14-12(10)16-3-5-18-6-4-16/h7-8,17H,3-6,9H2,1-2H3. The van der Waals surface area contributed by atoms with Gasteiger partial charge in [0.1, 0.15) is 5.82 Å². The molecular formula is C12H19BN3O2. The Bertz CT molecular complexity index is 395. The lowest BCUT2D eigenvalue weighted by atomic mass is 9.89. The highest BCUT2D eigenvalue weighted by Crippen LogP contribution is 2.18. The molecule has 0 spiro atoms. The lowest BCUT2D eigenvalue weighted by Gasteiger charge is -2.30. The SMILES string of the molecule is CN(C)Cc1cc([B]O)cnc1N1CCOCC1. The third-order valence-corrected chi connectivity index (χ3v) is 2.91. The number of hydrogen-bond donors (Lipinski definition) is 1. The van der Waals surface area contributed by atoms with Gasteiger partial charge in [-0.2, -0.15) is 0 Å². The predicted octanol–water partition coefficient (Wildman–Crippen LogP) is -0.783. The lowest BCUT2D eigenvalue weighted by Crippen LogP contribution is -2.38. The van der Waals surface area contributed by atoms with E-state index in [0.717, 1.165) is 57.2 Å². The zero-order chi connectivity index (χ0) is 13.0. The fourth-order valence-electron chi connectivity index (χ4n) is 2.11. The number of hydrogen-bond acceptors (Lipinski definition) is 5. The second kappa shape index (κ2) is 6.18. The number of pyridine rings is 1. The second-order valence-electron chi connectivity index (χ2n) is 4.72. The van der Waals surface area contributed by atoms with Crippen LogP contribution in [0.3, 0.4) is 0 Å². The van der Waals surface area contributed by atoms with Crippen molar-refractivity contribution in [2.75, 3.05) is 45.3 Å². The van der Waals surface area contributed by atoms with Gasteiger partial charge in [0.2, 0.25) is 0 Å². The van der Waals surface area contributed by atoms with Gasteiger partial charge >= 0.3 is 7.48 Å². The summed E-state index contributed by atoms with van der Waals surface area (Å²) in [6, 6.07) is 1.98. The van der Waals surface area contributed by atoms with Crippen molar-refractivity contribution in [3.05, 3.63) is 17.8 Å². The van der Waals surface area contributed by atoms with Crippen molar-refractivity contribution < 1.29 is 9.76 Å². The summed E-state index contributed by atoms with van der Waals surface area (Å²) in [5.41, 5.74) is 1.87. The van der Waals surface area contributed by atoms with E-state index in [0.29, 0.717) is 0 Å². The Labute approximate surface area is 109 Å². The van der Waals surface area contributed by atoms with Crippen molar-refractivity contribution in [2.45, 2.75) is 6.54 Å². The second-order valence-corrected chi connectivity index (χ2v) is 4.72. The van der Waals surface area contributed by atoms with Gasteiger partial charge in [-0.1, -0.05) is 6.07 Å². The summed E-state index contributed by atoms with van der Waals surface area (Å²) in [6.45, 7) is 4.04. The van der Waals surface area contributed by atoms with Crippen molar-refractivity contribution in [1.82, 2.24) is 9.88 Å². The van der Waals surface area contributed by atoms with Crippen LogP contribution in [0.2, 0.25) is 0 Å². The normalized spacial score (nSPS) is 16.1. The van der Waals surface area contributed by atoms with Crippen LogP contribution in [-0.2, 0) is 11.3 Å². The predicted molar refractivity (Wildman–Crippen MR) is 72.3 cm³/mol. The Kier molecular flexibility index (Phi) is 4.57. The number of nitrogens with zero attached hydrogens (tertiary/aromatic N) is 3. The van der Waals surface area contributed by atoms with E-state index in [1.165, 1.54) is 0 Å². The highest BCUT2D eigenvalue weighted by Gasteiger charge is 2.17. The topological polar surface area (TPSA) is 48.8 Å². The number of ether oxygens (including phenoxy) is 1. The molecule has 1 aliphatic heterocycles. The van der Waals surface area contributed by atoms with Gasteiger partial charge in [0, 0.05) is 31.4 Å². The Hall–Kier alpha value is -1.11. The summed E-state index contributed by atoms with van der Waals surface area (Å²) in [5, 5.41) is 9.09. The average molecular weight is 248 g/mol. The molecule has 0 aliphatic carbocycles. The van der Waals surface area contributed by atoms with Gasteiger partial charge in [0.25, 0.3) is 0 Å². The third kappa shape index (κ3) is 3.22. The zero-order valence-electron chi connectivity index (χ0n) is 11.0. The Balaban J connectivity index is 2.25. The van der Waals surface area contributed by atoms with Gasteiger partial charge in [-0.05, 0) is 19.6 Å². The molecule has 1 aromatic heterocycles. The van der Waals surface area contributed by atoms with Gasteiger partial charge in [0.15, 0.2) is 0 Å². The molecular weight excluding hydrogens is 229 g/mol. The monoisotopic (exact) mass is 248 g/mol. The summed E-state index contributed by atoms with van der Waals surface area (Å²) < 4.78 is 5.36. The largest absolute Gasteiger partial charge is 0.450 e. The smallest absolute Gasteiger partial charge is 0.328 e. The van der Waals surface area contributed by atoms with Crippen LogP contribution >= 0.6 is 0 Å². The van der Waals surface area contributed by atoms with E-state index in [4.69, 9.17) is 9.76 Å². The molecule has 1 N–H and O–H groups in total. The molecule has 1 aliphatic rings. The molecule has 1 saturated heterocycles. The minimum absolute atomic E-state index is 0.740. The van der Waals surface area contributed by atoms with Crippen LogP contribution in [0, 0.1) is 0 Å². The number of aromatic nitrogens is 1. The van der Waals surface area contributed by atoms with Crippen LogP contribution in [0.5, 0.6) is 0 Å². The molecule has 2 heterocycles. The van der Waals surface area contributed by atoms with Crippen LogP contribution in [0.4, 0.5) is 5.82 Å². The van der Waals surface area contributed by atoms with E-state index < -0.39 is 0 Å². The molecule has 0 amide bonds. The average Bonchev–Trinajstić information content (AvgIpc) is 2.39. The summed E-state index contributed by atoms with van der Waals surface area (Å²) in [5.74, 6) is 0.998. The molecule has 0 unspecified atom stereocenters. The Morgan fingerprint density at radius 2 is 2.17 bits per heavy atom. The first kappa shape index (κ1) is 13.3. The van der Waals surface area contributed by atoms with E-state index in [2.05, 4.69) is 14.8 Å². The fraction of sp³-hybridized carbons (Fsp3) is 0.583. The van der Waals surface area contributed by atoms with Crippen molar-refractivity contribution in [2.24, 2.45) is 0 Å². The molecule has 97 valence electrons. The highest BCUT2D eigenvalue weighted by atomic mass is 16.5. The van der Waals surface area contributed by atoms with Crippen molar-refractivity contribution in [1.29, 1.82) is 0 Å². The molecule has 1 fully saturated rings. The van der Waals surface area contributed by atoms with Gasteiger partial charge in [-0.25, -0.2) is 4.98 Å².